The van der Waals surface area contributed by atoms with Gasteiger partial charge in [-0.2, -0.15) is 0 Å². The van der Waals surface area contributed by atoms with Crippen molar-refractivity contribution in [2.45, 2.75) is 26.8 Å². The van der Waals surface area contributed by atoms with Crippen LogP contribution >= 0.6 is 0 Å². The van der Waals surface area contributed by atoms with E-state index in [9.17, 15) is 9.59 Å². The van der Waals surface area contributed by atoms with Crippen LogP contribution < -0.4 is 20.3 Å². The summed E-state index contributed by atoms with van der Waals surface area (Å²) >= 11 is 0. The number of benzene rings is 2. The van der Waals surface area contributed by atoms with E-state index in [1.54, 1.807) is 36.4 Å². The summed E-state index contributed by atoms with van der Waals surface area (Å²) in [7, 11) is 1.81. The molecule has 0 saturated heterocycles. The van der Waals surface area contributed by atoms with Gasteiger partial charge >= 0.3 is 0 Å². The van der Waals surface area contributed by atoms with Crippen LogP contribution in [0.3, 0.4) is 0 Å². The van der Waals surface area contributed by atoms with Gasteiger partial charge in [-0.25, -0.2) is 4.98 Å². The van der Waals surface area contributed by atoms with Crippen LogP contribution in [0, 0.1) is 0 Å². The van der Waals surface area contributed by atoms with Gasteiger partial charge in [0.05, 0.1) is 36.7 Å². The van der Waals surface area contributed by atoms with E-state index in [2.05, 4.69) is 15.3 Å². The Hall–Kier alpha value is -3.39. The molecule has 2 aromatic carbocycles. The number of hydrogen-bond acceptors (Lipinski definition) is 6. The Kier molecular flexibility index (Phi) is 7.25. The zero-order valence-corrected chi connectivity index (χ0v) is 18.3. The molecule has 0 bridgehead atoms. The third kappa shape index (κ3) is 5.40. The first-order valence-corrected chi connectivity index (χ1v) is 10.3. The van der Waals surface area contributed by atoms with Crippen molar-refractivity contribution in [3.05, 3.63) is 58.6 Å². The van der Waals surface area contributed by atoms with Crippen LogP contribution in [0.1, 0.15) is 32.6 Å². The first kappa shape index (κ1) is 22.3. The number of H-pyrrole nitrogens is 1. The highest BCUT2D eigenvalue weighted by molar-refractivity contribution is 5.92. The number of nitrogens with one attached hydrogen (secondary N) is 2. The largest absolute Gasteiger partial charge is 0.490 e. The van der Waals surface area contributed by atoms with E-state index in [-0.39, 0.29) is 24.1 Å². The minimum atomic E-state index is -0.262. The fraction of sp³-hybridized carbons (Fsp3) is 0.348. The maximum atomic E-state index is 12.6. The third-order valence-electron chi connectivity index (χ3n) is 4.91. The van der Waals surface area contributed by atoms with Gasteiger partial charge in [-0.1, -0.05) is 12.1 Å². The summed E-state index contributed by atoms with van der Waals surface area (Å²) < 4.78 is 11.2. The van der Waals surface area contributed by atoms with Crippen molar-refractivity contribution in [3.63, 3.8) is 0 Å². The Labute approximate surface area is 181 Å². The lowest BCUT2D eigenvalue weighted by molar-refractivity contribution is -0.117. The Morgan fingerprint density at radius 1 is 1.13 bits per heavy atom. The average molecular weight is 425 g/mol. The van der Waals surface area contributed by atoms with Crippen molar-refractivity contribution < 1.29 is 14.3 Å². The van der Waals surface area contributed by atoms with Crippen molar-refractivity contribution in [2.24, 2.45) is 0 Å². The van der Waals surface area contributed by atoms with Gasteiger partial charge in [0.2, 0.25) is 5.91 Å². The van der Waals surface area contributed by atoms with Crippen LogP contribution in [0.2, 0.25) is 0 Å². The molecule has 1 heterocycles. The summed E-state index contributed by atoms with van der Waals surface area (Å²) in [6.07, 6.45) is 0. The molecule has 0 saturated carbocycles. The van der Waals surface area contributed by atoms with Crippen LogP contribution in [0.4, 0.5) is 5.69 Å². The smallest absolute Gasteiger partial charge is 0.258 e. The second kappa shape index (κ2) is 10.1. The Bertz CT molecular complexity index is 1110. The monoisotopic (exact) mass is 424 g/mol. The second-order valence-electron chi connectivity index (χ2n) is 7.14. The molecule has 1 atom stereocenters. The topological polar surface area (TPSA) is 96.5 Å². The summed E-state index contributed by atoms with van der Waals surface area (Å²) in [6, 6.07) is 12.2. The number of nitrogens with zero attached hydrogens (tertiary/aromatic N) is 2. The van der Waals surface area contributed by atoms with Gasteiger partial charge in [-0.3, -0.25) is 14.5 Å². The summed E-state index contributed by atoms with van der Waals surface area (Å²) in [6.45, 7) is 6.83. The first-order chi connectivity index (χ1) is 14.9. The number of aromatic nitrogens is 2. The normalized spacial score (nSPS) is 12.0. The molecule has 1 amide bonds. The Balaban J connectivity index is 1.69. The molecular formula is C23H28N4O4. The summed E-state index contributed by atoms with van der Waals surface area (Å²) in [5.41, 5.74) is 1.06. The molecule has 3 rings (SSSR count). The minimum Gasteiger partial charge on any atom is -0.490 e. The number of para-hydroxylation sites is 1. The molecule has 0 unspecified atom stereocenters. The third-order valence-corrected chi connectivity index (χ3v) is 4.91. The fourth-order valence-corrected chi connectivity index (χ4v) is 3.20. The highest BCUT2D eigenvalue weighted by Crippen LogP contribution is 2.30. The number of ether oxygens (including phenoxy) is 2. The standard InChI is InChI=1S/C23H28N4O4/c1-5-30-19-12-11-16(13-20(19)31-6-2)24-21(28)14-27(4)15(3)22-25-18-10-8-7-9-17(18)23(29)26-22/h7-13,15H,5-6,14H2,1-4H3,(H,24,28)(H,25,26,29)/t15-/m1/s1. The van der Waals surface area contributed by atoms with E-state index < -0.39 is 0 Å². The summed E-state index contributed by atoms with van der Waals surface area (Å²) in [4.78, 5) is 34.1. The van der Waals surface area contributed by atoms with Gasteiger partial charge in [0, 0.05) is 11.8 Å². The second-order valence-corrected chi connectivity index (χ2v) is 7.14. The van der Waals surface area contributed by atoms with Crippen molar-refractivity contribution in [2.75, 3.05) is 32.1 Å². The molecule has 0 aliphatic rings. The van der Waals surface area contributed by atoms with Crippen molar-refractivity contribution in [1.29, 1.82) is 0 Å². The minimum absolute atomic E-state index is 0.120. The number of likely N-dealkylation sites (N-methyl/N-ethyl adjacent to an activating group) is 1. The van der Waals surface area contributed by atoms with Gasteiger partial charge in [-0.05, 0) is 52.1 Å². The SMILES string of the molecule is CCOc1ccc(NC(=O)CN(C)[C@H](C)c2nc3ccccc3c(=O)[nH]2)cc1OCC. The number of hydrogen-bond donors (Lipinski definition) is 2. The highest BCUT2D eigenvalue weighted by atomic mass is 16.5. The number of carbonyl (C=O) groups excluding carboxylic acids is 1. The van der Waals surface area contributed by atoms with Gasteiger partial charge in [0.1, 0.15) is 5.82 Å². The maximum Gasteiger partial charge on any atom is 0.258 e. The zero-order valence-electron chi connectivity index (χ0n) is 18.3. The zero-order chi connectivity index (χ0) is 22.4. The van der Waals surface area contributed by atoms with E-state index in [0.717, 1.165) is 0 Å². The molecule has 8 heteroatoms. The lowest BCUT2D eigenvalue weighted by Gasteiger charge is -2.23. The van der Waals surface area contributed by atoms with E-state index in [1.165, 1.54) is 0 Å². The molecule has 3 aromatic rings. The van der Waals surface area contributed by atoms with Crippen LogP contribution in [0.25, 0.3) is 10.9 Å². The van der Waals surface area contributed by atoms with E-state index in [1.807, 2.05) is 38.8 Å². The number of anilines is 1. The Morgan fingerprint density at radius 3 is 2.58 bits per heavy atom. The number of amides is 1. The fourth-order valence-electron chi connectivity index (χ4n) is 3.20. The molecule has 8 nitrogen and oxygen atoms in total. The molecule has 164 valence electrons. The first-order valence-electron chi connectivity index (χ1n) is 10.3. The van der Waals surface area contributed by atoms with Crippen LogP contribution in [0.15, 0.2) is 47.3 Å². The predicted molar refractivity (Wildman–Crippen MR) is 121 cm³/mol. The molecular weight excluding hydrogens is 396 g/mol. The maximum absolute atomic E-state index is 12.6. The van der Waals surface area contributed by atoms with Crippen LogP contribution in [-0.2, 0) is 4.79 Å². The summed E-state index contributed by atoms with van der Waals surface area (Å²) in [5, 5.41) is 3.42. The van der Waals surface area contributed by atoms with Crippen molar-refractivity contribution in [3.8, 4) is 11.5 Å². The number of rotatable bonds is 9. The molecule has 0 spiro atoms. The average Bonchev–Trinajstić information content (AvgIpc) is 2.75. The van der Waals surface area contributed by atoms with E-state index in [4.69, 9.17) is 9.47 Å². The predicted octanol–water partition coefficient (Wildman–Crippen LogP) is 3.35. The molecule has 0 fully saturated rings. The molecule has 1 aromatic heterocycles. The lowest BCUT2D eigenvalue weighted by atomic mass is 10.2. The lowest BCUT2D eigenvalue weighted by Crippen LogP contribution is -2.33. The number of fused-ring (bicyclic) bond motifs is 1. The Morgan fingerprint density at radius 2 is 1.84 bits per heavy atom. The molecule has 31 heavy (non-hydrogen) atoms. The van der Waals surface area contributed by atoms with Gasteiger partial charge in [-0.15, -0.1) is 0 Å². The summed E-state index contributed by atoms with van der Waals surface area (Å²) in [5.74, 6) is 1.55. The van der Waals surface area contributed by atoms with Gasteiger partial charge < -0.3 is 19.8 Å². The van der Waals surface area contributed by atoms with Crippen molar-refractivity contribution in [1.82, 2.24) is 14.9 Å². The number of carbonyl (C=O) groups is 1. The van der Waals surface area contributed by atoms with Gasteiger partial charge in [0.15, 0.2) is 11.5 Å². The van der Waals surface area contributed by atoms with Crippen LogP contribution in [0.5, 0.6) is 11.5 Å². The van der Waals surface area contributed by atoms with E-state index in [0.29, 0.717) is 47.1 Å². The quantitative estimate of drug-likeness (QED) is 0.547. The molecule has 0 radical (unpaired) electrons. The molecule has 0 aliphatic carbocycles. The van der Waals surface area contributed by atoms with E-state index >= 15 is 0 Å². The molecule has 0 aliphatic heterocycles. The van der Waals surface area contributed by atoms with Crippen molar-refractivity contribution >= 4 is 22.5 Å². The van der Waals surface area contributed by atoms with Gasteiger partial charge in [0.25, 0.3) is 5.56 Å². The molecule has 2 N–H and O–H groups in total. The van der Waals surface area contributed by atoms with Crippen LogP contribution in [-0.4, -0.2) is 47.6 Å². The number of aromatic amines is 1. The highest BCUT2D eigenvalue weighted by Gasteiger charge is 2.18.